The van der Waals surface area contributed by atoms with Crippen LogP contribution in [-0.4, -0.2) is 69.1 Å². The van der Waals surface area contributed by atoms with Crippen LogP contribution >= 0.6 is 0 Å². The molecule has 2 saturated heterocycles. The summed E-state index contributed by atoms with van der Waals surface area (Å²) in [7, 11) is 1.75. The molecule has 7 heteroatoms. The van der Waals surface area contributed by atoms with Crippen molar-refractivity contribution in [3.63, 3.8) is 0 Å². The first kappa shape index (κ1) is 18.5. The standard InChI is InChI=1S/C20H28N2O5/c1-24-18-6-8-22(14-20(18)7-2-11-27-20)13-19(23)21-15-4-5-16-17(12-15)26-10-3-9-25-16/h4-5,12,18H,2-3,6-11,13-14H2,1H3,(H,21,23)/t18-,20-/m1/s1. The van der Waals surface area contributed by atoms with Crippen LogP contribution in [0.5, 0.6) is 11.5 Å². The Kier molecular flexibility index (Phi) is 5.52. The molecule has 2 atom stereocenters. The Bertz CT molecular complexity index is 674. The predicted octanol–water partition coefficient (Wildman–Crippen LogP) is 2.06. The minimum Gasteiger partial charge on any atom is -0.490 e. The van der Waals surface area contributed by atoms with Crippen molar-refractivity contribution in [1.82, 2.24) is 4.90 Å². The third-order valence-corrected chi connectivity index (χ3v) is 5.60. The molecule has 1 aromatic carbocycles. The Morgan fingerprint density at radius 1 is 1.26 bits per heavy atom. The fraction of sp³-hybridized carbons (Fsp3) is 0.650. The van der Waals surface area contributed by atoms with Crippen LogP contribution in [0.15, 0.2) is 18.2 Å². The Hall–Kier alpha value is -1.83. The van der Waals surface area contributed by atoms with Crippen molar-refractivity contribution >= 4 is 11.6 Å². The first-order valence-corrected chi connectivity index (χ1v) is 9.77. The van der Waals surface area contributed by atoms with Crippen molar-refractivity contribution in [1.29, 1.82) is 0 Å². The van der Waals surface area contributed by atoms with Crippen molar-refractivity contribution in [2.24, 2.45) is 0 Å². The van der Waals surface area contributed by atoms with Gasteiger partial charge >= 0.3 is 0 Å². The molecule has 27 heavy (non-hydrogen) atoms. The summed E-state index contributed by atoms with van der Waals surface area (Å²) in [6.45, 7) is 3.96. The molecule has 1 aromatic rings. The van der Waals surface area contributed by atoms with Gasteiger partial charge in [-0.25, -0.2) is 0 Å². The van der Waals surface area contributed by atoms with E-state index in [0.717, 1.165) is 56.8 Å². The lowest BCUT2D eigenvalue weighted by molar-refractivity contribution is -0.146. The van der Waals surface area contributed by atoms with Crippen LogP contribution in [0.4, 0.5) is 5.69 Å². The molecule has 7 nitrogen and oxygen atoms in total. The van der Waals surface area contributed by atoms with Gasteiger partial charge in [0.1, 0.15) is 5.60 Å². The van der Waals surface area contributed by atoms with Gasteiger partial charge in [-0.1, -0.05) is 0 Å². The van der Waals surface area contributed by atoms with E-state index in [1.54, 1.807) is 7.11 Å². The summed E-state index contributed by atoms with van der Waals surface area (Å²) in [6.07, 6.45) is 3.90. The zero-order valence-electron chi connectivity index (χ0n) is 15.9. The molecule has 1 N–H and O–H groups in total. The molecule has 0 saturated carbocycles. The lowest BCUT2D eigenvalue weighted by Crippen LogP contribution is -2.58. The van der Waals surface area contributed by atoms with E-state index in [1.165, 1.54) is 0 Å². The zero-order valence-corrected chi connectivity index (χ0v) is 15.9. The minimum atomic E-state index is -0.261. The number of carbonyl (C=O) groups excluding carboxylic acids is 1. The fourth-order valence-corrected chi connectivity index (χ4v) is 4.33. The molecule has 1 amide bonds. The molecule has 0 aliphatic carbocycles. The summed E-state index contributed by atoms with van der Waals surface area (Å²) in [5.74, 6) is 1.38. The highest BCUT2D eigenvalue weighted by Crippen LogP contribution is 2.36. The van der Waals surface area contributed by atoms with Gasteiger partial charge in [0.25, 0.3) is 0 Å². The number of methoxy groups -OCH3 is 1. The number of nitrogens with zero attached hydrogens (tertiary/aromatic N) is 1. The third kappa shape index (κ3) is 4.05. The second-order valence-electron chi connectivity index (χ2n) is 7.50. The van der Waals surface area contributed by atoms with Gasteiger partial charge in [0.05, 0.1) is 25.9 Å². The Morgan fingerprint density at radius 2 is 2.11 bits per heavy atom. The smallest absolute Gasteiger partial charge is 0.238 e. The summed E-state index contributed by atoms with van der Waals surface area (Å²) in [5, 5.41) is 2.98. The normalized spacial score (nSPS) is 28.1. The molecule has 148 valence electrons. The molecule has 3 aliphatic rings. The van der Waals surface area contributed by atoms with Crippen molar-refractivity contribution in [3.05, 3.63) is 18.2 Å². The monoisotopic (exact) mass is 376 g/mol. The first-order chi connectivity index (χ1) is 13.2. The van der Waals surface area contributed by atoms with Crippen molar-refractivity contribution < 1.29 is 23.7 Å². The molecule has 0 aromatic heterocycles. The number of rotatable bonds is 4. The Labute approximate surface area is 159 Å². The highest BCUT2D eigenvalue weighted by Gasteiger charge is 2.47. The summed E-state index contributed by atoms with van der Waals surface area (Å²) in [6, 6.07) is 5.53. The van der Waals surface area contributed by atoms with Gasteiger partial charge in [-0.15, -0.1) is 0 Å². The molecule has 0 radical (unpaired) electrons. The molecule has 3 heterocycles. The van der Waals surface area contributed by atoms with Crippen molar-refractivity contribution in [2.45, 2.75) is 37.4 Å². The molecular formula is C20H28N2O5. The number of hydrogen-bond donors (Lipinski definition) is 1. The maximum atomic E-state index is 12.6. The Balaban J connectivity index is 1.36. The number of carbonyl (C=O) groups is 1. The number of benzene rings is 1. The fourth-order valence-electron chi connectivity index (χ4n) is 4.33. The van der Waals surface area contributed by atoms with Gasteiger partial charge in [0, 0.05) is 45.0 Å². The second kappa shape index (κ2) is 8.04. The highest BCUT2D eigenvalue weighted by molar-refractivity contribution is 5.92. The molecule has 4 rings (SSSR count). The second-order valence-corrected chi connectivity index (χ2v) is 7.50. The molecule has 1 spiro atoms. The first-order valence-electron chi connectivity index (χ1n) is 9.77. The number of piperidine rings is 1. The van der Waals surface area contributed by atoms with Crippen molar-refractivity contribution in [3.8, 4) is 11.5 Å². The molecular weight excluding hydrogens is 348 g/mol. The number of amides is 1. The average molecular weight is 376 g/mol. The maximum Gasteiger partial charge on any atom is 0.238 e. The summed E-state index contributed by atoms with van der Waals surface area (Å²) >= 11 is 0. The van der Waals surface area contributed by atoms with Crippen LogP contribution in [-0.2, 0) is 14.3 Å². The number of fused-ring (bicyclic) bond motifs is 1. The predicted molar refractivity (Wildman–Crippen MR) is 100 cm³/mol. The van der Waals surface area contributed by atoms with E-state index in [9.17, 15) is 4.79 Å². The summed E-state index contributed by atoms with van der Waals surface area (Å²) < 4.78 is 23.0. The van der Waals surface area contributed by atoms with Gasteiger partial charge in [0.2, 0.25) is 5.91 Å². The topological polar surface area (TPSA) is 69.3 Å². The van der Waals surface area contributed by atoms with Crippen LogP contribution in [0.1, 0.15) is 25.7 Å². The van der Waals surface area contributed by atoms with E-state index < -0.39 is 0 Å². The summed E-state index contributed by atoms with van der Waals surface area (Å²) in [5.41, 5.74) is 0.463. The van der Waals surface area contributed by atoms with Gasteiger partial charge in [-0.3, -0.25) is 9.69 Å². The quantitative estimate of drug-likeness (QED) is 0.868. The van der Waals surface area contributed by atoms with E-state index in [0.29, 0.717) is 25.5 Å². The number of anilines is 1. The number of hydrogen-bond acceptors (Lipinski definition) is 6. The van der Waals surface area contributed by atoms with E-state index in [-0.39, 0.29) is 17.6 Å². The van der Waals surface area contributed by atoms with Crippen LogP contribution in [0.2, 0.25) is 0 Å². The highest BCUT2D eigenvalue weighted by atomic mass is 16.6. The summed E-state index contributed by atoms with van der Waals surface area (Å²) in [4.78, 5) is 14.7. The Morgan fingerprint density at radius 3 is 2.89 bits per heavy atom. The van der Waals surface area contributed by atoms with Crippen molar-refractivity contribution in [2.75, 3.05) is 51.9 Å². The van der Waals surface area contributed by atoms with Gasteiger partial charge < -0.3 is 24.3 Å². The molecule has 0 unspecified atom stereocenters. The lowest BCUT2D eigenvalue weighted by atomic mass is 9.87. The van der Waals surface area contributed by atoms with E-state index in [1.807, 2.05) is 18.2 Å². The van der Waals surface area contributed by atoms with E-state index in [4.69, 9.17) is 18.9 Å². The number of ether oxygens (including phenoxy) is 4. The molecule has 2 fully saturated rings. The zero-order chi connectivity index (χ0) is 18.7. The van der Waals surface area contributed by atoms with Gasteiger partial charge in [0.15, 0.2) is 11.5 Å². The molecule has 0 bridgehead atoms. The number of likely N-dealkylation sites (tertiary alicyclic amines) is 1. The number of nitrogens with one attached hydrogen (secondary N) is 1. The van der Waals surface area contributed by atoms with Crippen LogP contribution in [0, 0.1) is 0 Å². The average Bonchev–Trinajstić information content (AvgIpc) is 2.98. The van der Waals surface area contributed by atoms with Crippen LogP contribution < -0.4 is 14.8 Å². The maximum absolute atomic E-state index is 12.6. The SMILES string of the molecule is CO[C@@H]1CCN(CC(=O)Nc2ccc3c(c2)OCCCO3)C[C@]12CCCO2. The minimum absolute atomic E-state index is 0.0338. The van der Waals surface area contributed by atoms with E-state index in [2.05, 4.69) is 10.2 Å². The lowest BCUT2D eigenvalue weighted by Gasteiger charge is -2.44. The largest absolute Gasteiger partial charge is 0.490 e. The van der Waals surface area contributed by atoms with Crippen LogP contribution in [0.25, 0.3) is 0 Å². The third-order valence-electron chi connectivity index (χ3n) is 5.60. The van der Waals surface area contributed by atoms with Crippen LogP contribution in [0.3, 0.4) is 0 Å². The van der Waals surface area contributed by atoms with Gasteiger partial charge in [-0.05, 0) is 31.4 Å². The van der Waals surface area contributed by atoms with E-state index >= 15 is 0 Å². The molecule has 3 aliphatic heterocycles. The van der Waals surface area contributed by atoms with Gasteiger partial charge in [-0.2, -0.15) is 0 Å².